The molecule has 0 radical (unpaired) electrons. The smallest absolute Gasteiger partial charge is 0.227 e. The number of carbonyl (C=O) groups is 1. The van der Waals surface area contributed by atoms with Crippen molar-refractivity contribution in [3.05, 3.63) is 58.9 Å². The summed E-state index contributed by atoms with van der Waals surface area (Å²) in [4.78, 5) is 22.8. The van der Waals surface area contributed by atoms with Gasteiger partial charge in [0.2, 0.25) is 5.91 Å². The fourth-order valence-corrected chi connectivity index (χ4v) is 2.84. The van der Waals surface area contributed by atoms with Crippen molar-refractivity contribution in [2.24, 2.45) is 0 Å². The van der Waals surface area contributed by atoms with Crippen LogP contribution in [0.3, 0.4) is 0 Å². The number of aryl methyl sites for hydroxylation is 2. The fourth-order valence-electron chi connectivity index (χ4n) is 2.84. The lowest BCUT2D eigenvalue weighted by Crippen LogP contribution is -2.43. The Kier molecular flexibility index (Phi) is 4.85. The highest BCUT2D eigenvalue weighted by Crippen LogP contribution is 2.21. The molecule has 0 bridgehead atoms. The maximum Gasteiger partial charge on any atom is 0.227 e. The summed E-state index contributed by atoms with van der Waals surface area (Å²) in [6.07, 6.45) is 1.73. The number of morpholine rings is 1. The van der Waals surface area contributed by atoms with E-state index in [4.69, 9.17) is 4.74 Å². The van der Waals surface area contributed by atoms with Crippen molar-refractivity contribution >= 4 is 5.91 Å². The third-order valence-electron chi connectivity index (χ3n) is 4.19. The van der Waals surface area contributed by atoms with E-state index in [2.05, 4.69) is 9.97 Å². The van der Waals surface area contributed by atoms with E-state index in [1.165, 1.54) is 12.1 Å². The predicted molar refractivity (Wildman–Crippen MR) is 86.9 cm³/mol. The molecule has 1 aliphatic heterocycles. The van der Waals surface area contributed by atoms with Gasteiger partial charge >= 0.3 is 0 Å². The number of amides is 1. The molecule has 3 rings (SSSR count). The van der Waals surface area contributed by atoms with Gasteiger partial charge in [-0.15, -0.1) is 0 Å². The number of halogens is 1. The molecule has 1 saturated heterocycles. The number of aromatic nitrogens is 2. The Hall–Kier alpha value is -2.34. The zero-order valence-corrected chi connectivity index (χ0v) is 13.8. The average Bonchev–Trinajstić information content (AvgIpc) is 2.57. The predicted octanol–water partition coefficient (Wildman–Crippen LogP) is 2.38. The number of carbonyl (C=O) groups excluding carboxylic acids is 1. The zero-order valence-electron chi connectivity index (χ0n) is 13.8. The fraction of sp³-hybridized carbons (Fsp3) is 0.389. The molecule has 1 aromatic carbocycles. The van der Waals surface area contributed by atoms with Gasteiger partial charge in [-0.3, -0.25) is 4.79 Å². The Bertz CT molecular complexity index is 751. The lowest BCUT2D eigenvalue weighted by Gasteiger charge is -2.33. The molecule has 1 aromatic heterocycles. The highest BCUT2D eigenvalue weighted by atomic mass is 19.1. The van der Waals surface area contributed by atoms with Crippen molar-refractivity contribution < 1.29 is 13.9 Å². The summed E-state index contributed by atoms with van der Waals surface area (Å²) >= 11 is 0. The largest absolute Gasteiger partial charge is 0.368 e. The number of hydrogen-bond donors (Lipinski definition) is 0. The Morgan fingerprint density at radius 1 is 1.38 bits per heavy atom. The summed E-state index contributed by atoms with van der Waals surface area (Å²) in [5.74, 6) is 0.416. The molecule has 1 unspecified atom stereocenters. The minimum atomic E-state index is -0.283. The van der Waals surface area contributed by atoms with Crippen LogP contribution >= 0.6 is 0 Å². The van der Waals surface area contributed by atoms with E-state index < -0.39 is 0 Å². The van der Waals surface area contributed by atoms with Gasteiger partial charge in [-0.25, -0.2) is 14.4 Å². The summed E-state index contributed by atoms with van der Waals surface area (Å²) in [6, 6.07) is 6.33. The van der Waals surface area contributed by atoms with Gasteiger partial charge in [-0.2, -0.15) is 0 Å². The molecule has 0 saturated carbocycles. The van der Waals surface area contributed by atoms with Crippen LogP contribution in [0, 0.1) is 19.7 Å². The van der Waals surface area contributed by atoms with Crippen molar-refractivity contribution in [2.75, 3.05) is 19.7 Å². The first-order chi connectivity index (χ1) is 11.5. The van der Waals surface area contributed by atoms with Gasteiger partial charge < -0.3 is 9.64 Å². The lowest BCUT2D eigenvalue weighted by molar-refractivity contribution is -0.138. The van der Waals surface area contributed by atoms with Crippen LogP contribution in [0.15, 0.2) is 30.5 Å². The van der Waals surface area contributed by atoms with Crippen LogP contribution in [-0.4, -0.2) is 40.5 Å². The Morgan fingerprint density at radius 3 is 2.96 bits per heavy atom. The third-order valence-corrected chi connectivity index (χ3v) is 4.19. The summed E-state index contributed by atoms with van der Waals surface area (Å²) in [6.45, 7) is 5.14. The van der Waals surface area contributed by atoms with Crippen molar-refractivity contribution in [2.45, 2.75) is 26.4 Å². The summed E-state index contributed by atoms with van der Waals surface area (Å²) < 4.78 is 18.9. The van der Waals surface area contributed by atoms with E-state index in [1.54, 1.807) is 17.2 Å². The third kappa shape index (κ3) is 3.76. The van der Waals surface area contributed by atoms with Crippen LogP contribution in [-0.2, 0) is 16.0 Å². The molecule has 1 amide bonds. The van der Waals surface area contributed by atoms with Crippen LogP contribution in [0.2, 0.25) is 0 Å². The molecule has 1 atom stereocenters. The van der Waals surface area contributed by atoms with Gasteiger partial charge in [-0.1, -0.05) is 6.07 Å². The van der Waals surface area contributed by atoms with E-state index >= 15 is 0 Å². The molecule has 126 valence electrons. The van der Waals surface area contributed by atoms with Gasteiger partial charge in [0.05, 0.1) is 25.3 Å². The number of benzene rings is 1. The van der Waals surface area contributed by atoms with Crippen LogP contribution in [0.4, 0.5) is 4.39 Å². The molecule has 2 aromatic rings. The van der Waals surface area contributed by atoms with E-state index in [9.17, 15) is 9.18 Å². The molecule has 0 spiro atoms. The molecule has 0 N–H and O–H groups in total. The molecule has 0 aliphatic carbocycles. The summed E-state index contributed by atoms with van der Waals surface area (Å²) in [5.41, 5.74) is 2.43. The first-order valence-corrected chi connectivity index (χ1v) is 7.97. The molecule has 1 aliphatic rings. The number of nitrogens with zero attached hydrogens (tertiary/aromatic N) is 3. The number of ether oxygens (including phenoxy) is 1. The van der Waals surface area contributed by atoms with Gasteiger partial charge in [-0.05, 0) is 43.2 Å². The standard InChI is InChI=1S/C18H20FN3O2/c1-12-9-15(19)4-3-14(12)10-18(23)22-7-8-24-17(11-22)16-5-6-20-13(2)21-16/h3-6,9,17H,7-8,10-11H2,1-2H3. The van der Waals surface area contributed by atoms with Crippen molar-refractivity contribution in [1.82, 2.24) is 14.9 Å². The minimum Gasteiger partial charge on any atom is -0.368 e. The highest BCUT2D eigenvalue weighted by molar-refractivity contribution is 5.79. The van der Waals surface area contributed by atoms with E-state index in [-0.39, 0.29) is 24.2 Å². The molecule has 2 heterocycles. The second-order valence-corrected chi connectivity index (χ2v) is 5.98. The summed E-state index contributed by atoms with van der Waals surface area (Å²) in [7, 11) is 0. The lowest BCUT2D eigenvalue weighted by atomic mass is 10.0. The first-order valence-electron chi connectivity index (χ1n) is 7.97. The van der Waals surface area contributed by atoms with Gasteiger partial charge in [0, 0.05) is 12.7 Å². The second-order valence-electron chi connectivity index (χ2n) is 5.98. The molecular formula is C18H20FN3O2. The normalized spacial score (nSPS) is 17.8. The zero-order chi connectivity index (χ0) is 17.1. The van der Waals surface area contributed by atoms with Gasteiger partial charge in [0.1, 0.15) is 17.7 Å². The quantitative estimate of drug-likeness (QED) is 0.867. The topological polar surface area (TPSA) is 55.3 Å². The van der Waals surface area contributed by atoms with Crippen LogP contribution in [0.1, 0.15) is 28.7 Å². The van der Waals surface area contributed by atoms with Crippen molar-refractivity contribution in [3.8, 4) is 0 Å². The second kappa shape index (κ2) is 7.05. The Balaban J connectivity index is 1.69. The Labute approximate surface area is 140 Å². The maximum atomic E-state index is 13.2. The average molecular weight is 329 g/mol. The minimum absolute atomic E-state index is 0.0174. The van der Waals surface area contributed by atoms with Crippen molar-refractivity contribution in [3.63, 3.8) is 0 Å². The summed E-state index contributed by atoms with van der Waals surface area (Å²) in [5, 5.41) is 0. The van der Waals surface area contributed by atoms with Crippen LogP contribution in [0.5, 0.6) is 0 Å². The van der Waals surface area contributed by atoms with Gasteiger partial charge in [0.25, 0.3) is 0 Å². The molecule has 1 fully saturated rings. The van der Waals surface area contributed by atoms with E-state index in [0.717, 1.165) is 16.8 Å². The molecule has 5 nitrogen and oxygen atoms in total. The van der Waals surface area contributed by atoms with E-state index in [0.29, 0.717) is 25.5 Å². The SMILES string of the molecule is Cc1nccc(C2CN(C(=O)Cc3ccc(F)cc3C)CCO2)n1. The van der Waals surface area contributed by atoms with E-state index in [1.807, 2.05) is 19.9 Å². The van der Waals surface area contributed by atoms with Gasteiger partial charge in [0.15, 0.2) is 0 Å². The number of rotatable bonds is 3. The monoisotopic (exact) mass is 329 g/mol. The maximum absolute atomic E-state index is 13.2. The van der Waals surface area contributed by atoms with Crippen LogP contribution < -0.4 is 0 Å². The molecular weight excluding hydrogens is 309 g/mol. The highest BCUT2D eigenvalue weighted by Gasteiger charge is 2.26. The Morgan fingerprint density at radius 2 is 2.21 bits per heavy atom. The molecule has 24 heavy (non-hydrogen) atoms. The van der Waals surface area contributed by atoms with Crippen molar-refractivity contribution in [1.29, 1.82) is 0 Å². The first kappa shape index (κ1) is 16.5. The van der Waals surface area contributed by atoms with Crippen LogP contribution in [0.25, 0.3) is 0 Å². The molecule has 6 heteroatoms. The number of hydrogen-bond acceptors (Lipinski definition) is 4.